The van der Waals surface area contributed by atoms with Crippen LogP contribution in [0.4, 0.5) is 13.2 Å². The summed E-state index contributed by atoms with van der Waals surface area (Å²) in [7, 11) is 0. The second-order valence-electron chi connectivity index (χ2n) is 5.24. The molecule has 2 N–H and O–H groups in total. The monoisotopic (exact) mass is 272 g/mol. The van der Waals surface area contributed by atoms with Gasteiger partial charge < -0.3 is 5.73 Å². The van der Waals surface area contributed by atoms with E-state index < -0.39 is 11.7 Å². The SMILES string of the molecule is CC1CCN(Cc2cccc(C(F)(F)F)c2)C1CN. The summed E-state index contributed by atoms with van der Waals surface area (Å²) in [6.07, 6.45) is -3.22. The molecule has 1 heterocycles. The molecule has 2 atom stereocenters. The van der Waals surface area contributed by atoms with Crippen LogP contribution in [-0.4, -0.2) is 24.0 Å². The maximum absolute atomic E-state index is 12.7. The summed E-state index contributed by atoms with van der Waals surface area (Å²) in [5.74, 6) is 0.510. The van der Waals surface area contributed by atoms with Gasteiger partial charge in [0.15, 0.2) is 0 Å². The van der Waals surface area contributed by atoms with Gasteiger partial charge in [-0.3, -0.25) is 4.90 Å². The topological polar surface area (TPSA) is 29.3 Å². The van der Waals surface area contributed by atoms with Crippen molar-refractivity contribution in [3.8, 4) is 0 Å². The molecule has 2 rings (SSSR count). The first kappa shape index (κ1) is 14.3. The zero-order valence-electron chi connectivity index (χ0n) is 11.0. The van der Waals surface area contributed by atoms with Crippen molar-refractivity contribution >= 4 is 0 Å². The Hall–Kier alpha value is -1.07. The minimum Gasteiger partial charge on any atom is -0.329 e. The molecule has 1 aliphatic rings. The Bertz CT molecular complexity index is 431. The van der Waals surface area contributed by atoms with Crippen molar-refractivity contribution in [1.82, 2.24) is 4.90 Å². The van der Waals surface area contributed by atoms with E-state index in [1.165, 1.54) is 12.1 Å². The van der Waals surface area contributed by atoms with E-state index in [0.29, 0.717) is 24.6 Å². The maximum atomic E-state index is 12.7. The lowest BCUT2D eigenvalue weighted by molar-refractivity contribution is -0.137. The molecule has 1 aliphatic heterocycles. The smallest absolute Gasteiger partial charge is 0.329 e. The molecule has 19 heavy (non-hydrogen) atoms. The third-order valence-corrected chi connectivity index (χ3v) is 3.88. The van der Waals surface area contributed by atoms with Crippen LogP contribution in [0.1, 0.15) is 24.5 Å². The van der Waals surface area contributed by atoms with Gasteiger partial charge >= 0.3 is 6.18 Å². The van der Waals surface area contributed by atoms with Crippen LogP contribution in [0.5, 0.6) is 0 Å². The molecule has 106 valence electrons. The summed E-state index contributed by atoms with van der Waals surface area (Å²) in [6.45, 7) is 4.14. The maximum Gasteiger partial charge on any atom is 0.416 e. The molecule has 0 bridgehead atoms. The molecule has 0 amide bonds. The molecule has 0 aliphatic carbocycles. The first-order valence-corrected chi connectivity index (χ1v) is 6.52. The van der Waals surface area contributed by atoms with Crippen LogP contribution < -0.4 is 5.73 Å². The Morgan fingerprint density at radius 2 is 2.11 bits per heavy atom. The third kappa shape index (κ3) is 3.28. The van der Waals surface area contributed by atoms with Crippen molar-refractivity contribution in [1.29, 1.82) is 0 Å². The van der Waals surface area contributed by atoms with Gasteiger partial charge in [-0.25, -0.2) is 0 Å². The van der Waals surface area contributed by atoms with E-state index in [9.17, 15) is 13.2 Å². The molecular weight excluding hydrogens is 253 g/mol. The number of benzene rings is 1. The quantitative estimate of drug-likeness (QED) is 0.916. The minimum atomic E-state index is -4.28. The van der Waals surface area contributed by atoms with Crippen molar-refractivity contribution in [2.45, 2.75) is 32.1 Å². The van der Waals surface area contributed by atoms with Crippen molar-refractivity contribution in [2.24, 2.45) is 11.7 Å². The number of rotatable bonds is 3. The van der Waals surface area contributed by atoms with Crippen LogP contribution in [0, 0.1) is 5.92 Å². The average Bonchev–Trinajstić information content (AvgIpc) is 2.69. The van der Waals surface area contributed by atoms with Gasteiger partial charge in [0, 0.05) is 19.1 Å². The summed E-state index contributed by atoms with van der Waals surface area (Å²) in [5, 5.41) is 0. The fourth-order valence-electron chi connectivity index (χ4n) is 2.75. The lowest BCUT2D eigenvalue weighted by Crippen LogP contribution is -2.37. The Morgan fingerprint density at radius 1 is 1.37 bits per heavy atom. The van der Waals surface area contributed by atoms with Crippen LogP contribution in [0.2, 0.25) is 0 Å². The lowest BCUT2D eigenvalue weighted by atomic mass is 10.0. The van der Waals surface area contributed by atoms with Crippen molar-refractivity contribution < 1.29 is 13.2 Å². The van der Waals surface area contributed by atoms with E-state index >= 15 is 0 Å². The van der Waals surface area contributed by atoms with Gasteiger partial charge in [0.25, 0.3) is 0 Å². The number of nitrogens with two attached hydrogens (primary N) is 1. The summed E-state index contributed by atoms with van der Waals surface area (Å²) in [6, 6.07) is 5.82. The van der Waals surface area contributed by atoms with Gasteiger partial charge in [0.05, 0.1) is 5.56 Å². The van der Waals surface area contributed by atoms with Crippen LogP contribution in [0.15, 0.2) is 24.3 Å². The fourth-order valence-corrected chi connectivity index (χ4v) is 2.75. The number of hydrogen-bond acceptors (Lipinski definition) is 2. The normalized spacial score (nSPS) is 24.9. The largest absolute Gasteiger partial charge is 0.416 e. The average molecular weight is 272 g/mol. The number of alkyl halides is 3. The first-order chi connectivity index (χ1) is 8.91. The van der Waals surface area contributed by atoms with Gasteiger partial charge in [-0.05, 0) is 30.5 Å². The van der Waals surface area contributed by atoms with E-state index in [4.69, 9.17) is 5.73 Å². The first-order valence-electron chi connectivity index (χ1n) is 6.52. The predicted molar refractivity (Wildman–Crippen MR) is 68.5 cm³/mol. The molecule has 0 radical (unpaired) electrons. The molecule has 1 fully saturated rings. The van der Waals surface area contributed by atoms with Crippen LogP contribution >= 0.6 is 0 Å². The van der Waals surface area contributed by atoms with Crippen molar-refractivity contribution in [2.75, 3.05) is 13.1 Å². The van der Waals surface area contributed by atoms with Crippen LogP contribution in [-0.2, 0) is 12.7 Å². The van der Waals surface area contributed by atoms with Gasteiger partial charge in [0.2, 0.25) is 0 Å². The summed E-state index contributed by atoms with van der Waals surface area (Å²) < 4.78 is 38.0. The van der Waals surface area contributed by atoms with E-state index in [1.54, 1.807) is 6.07 Å². The van der Waals surface area contributed by atoms with Gasteiger partial charge in [0.1, 0.15) is 0 Å². The Labute approximate surface area is 111 Å². The highest BCUT2D eigenvalue weighted by atomic mass is 19.4. The standard InChI is InChI=1S/C14H19F3N2/c1-10-5-6-19(13(10)8-18)9-11-3-2-4-12(7-11)14(15,16)17/h2-4,7,10,13H,5-6,8-9,18H2,1H3. The van der Waals surface area contributed by atoms with E-state index in [0.717, 1.165) is 19.0 Å². The molecule has 0 saturated carbocycles. The predicted octanol–water partition coefficient (Wildman–Crippen LogP) is 2.87. The molecule has 2 nitrogen and oxygen atoms in total. The van der Waals surface area contributed by atoms with Crippen LogP contribution in [0.25, 0.3) is 0 Å². The summed E-state index contributed by atoms with van der Waals surface area (Å²) in [5.41, 5.74) is 5.86. The molecule has 1 aromatic rings. The van der Waals surface area contributed by atoms with Crippen molar-refractivity contribution in [3.63, 3.8) is 0 Å². The molecule has 0 spiro atoms. The molecular formula is C14H19F3N2. The van der Waals surface area contributed by atoms with E-state index in [-0.39, 0.29) is 6.04 Å². The molecule has 1 aromatic carbocycles. The van der Waals surface area contributed by atoms with Gasteiger partial charge in [-0.1, -0.05) is 25.1 Å². The lowest BCUT2D eigenvalue weighted by Gasteiger charge is -2.25. The highest BCUT2D eigenvalue weighted by Gasteiger charge is 2.32. The highest BCUT2D eigenvalue weighted by Crippen LogP contribution is 2.31. The number of halogens is 3. The van der Waals surface area contributed by atoms with Crippen LogP contribution in [0.3, 0.4) is 0 Å². The second kappa shape index (κ2) is 5.51. The number of hydrogen-bond donors (Lipinski definition) is 1. The van der Waals surface area contributed by atoms with Gasteiger partial charge in [-0.2, -0.15) is 13.2 Å². The number of likely N-dealkylation sites (tertiary alicyclic amines) is 1. The third-order valence-electron chi connectivity index (χ3n) is 3.88. The zero-order chi connectivity index (χ0) is 14.0. The number of nitrogens with zero attached hydrogens (tertiary/aromatic N) is 1. The van der Waals surface area contributed by atoms with E-state index in [1.807, 2.05) is 0 Å². The Balaban J connectivity index is 2.11. The minimum absolute atomic E-state index is 0.273. The summed E-state index contributed by atoms with van der Waals surface area (Å²) in [4.78, 5) is 2.18. The molecule has 0 aromatic heterocycles. The molecule has 2 unspecified atom stereocenters. The zero-order valence-corrected chi connectivity index (χ0v) is 11.0. The molecule has 5 heteroatoms. The van der Waals surface area contributed by atoms with E-state index in [2.05, 4.69) is 11.8 Å². The highest BCUT2D eigenvalue weighted by molar-refractivity contribution is 5.25. The Kier molecular flexibility index (Phi) is 4.16. The second-order valence-corrected chi connectivity index (χ2v) is 5.24. The Morgan fingerprint density at radius 3 is 2.74 bits per heavy atom. The summed E-state index contributed by atoms with van der Waals surface area (Å²) >= 11 is 0. The van der Waals surface area contributed by atoms with Crippen molar-refractivity contribution in [3.05, 3.63) is 35.4 Å². The van der Waals surface area contributed by atoms with Gasteiger partial charge in [-0.15, -0.1) is 0 Å². The molecule has 1 saturated heterocycles. The fraction of sp³-hybridized carbons (Fsp3) is 0.571.